The molecule has 1 aliphatic rings. The predicted octanol–water partition coefficient (Wildman–Crippen LogP) is 2.84. The van der Waals surface area contributed by atoms with Crippen LogP contribution in [0.1, 0.15) is 22.4 Å². The van der Waals surface area contributed by atoms with Gasteiger partial charge in [0.15, 0.2) is 0 Å². The van der Waals surface area contributed by atoms with Crippen LogP contribution < -0.4 is 5.56 Å². The molecule has 0 bridgehead atoms. The third kappa shape index (κ3) is 3.28. The average molecular weight is 350 g/mol. The first-order chi connectivity index (χ1) is 12.6. The molecule has 0 saturated carbocycles. The van der Waals surface area contributed by atoms with Crippen LogP contribution in [-0.4, -0.2) is 26.4 Å². The molecule has 132 valence electrons. The topological polar surface area (TPSA) is 61.9 Å². The van der Waals surface area contributed by atoms with Gasteiger partial charge >= 0.3 is 0 Å². The number of H-pyrrole nitrogens is 1. The van der Waals surface area contributed by atoms with Crippen molar-refractivity contribution in [2.24, 2.45) is 0 Å². The smallest absolute Gasteiger partial charge is 0.255 e. The average Bonchev–Trinajstić information content (AvgIpc) is 2.65. The maximum absolute atomic E-state index is 13.3. The van der Waals surface area contributed by atoms with Crippen molar-refractivity contribution in [1.29, 1.82) is 0 Å². The molecule has 0 amide bonds. The number of halogens is 1. The largest absolute Gasteiger partial charge is 0.306 e. The minimum atomic E-state index is -0.223. The number of aromatic nitrogens is 3. The van der Waals surface area contributed by atoms with E-state index in [1.165, 1.54) is 6.07 Å². The maximum atomic E-state index is 13.3. The summed E-state index contributed by atoms with van der Waals surface area (Å²) in [5.74, 6) is 0.337. The van der Waals surface area contributed by atoms with Gasteiger partial charge in [0.25, 0.3) is 5.56 Å². The van der Waals surface area contributed by atoms with Gasteiger partial charge in [-0.25, -0.2) is 9.37 Å². The van der Waals surface area contributed by atoms with Crippen LogP contribution in [0, 0.1) is 12.7 Å². The van der Waals surface area contributed by atoms with Crippen LogP contribution in [0.2, 0.25) is 0 Å². The van der Waals surface area contributed by atoms with E-state index >= 15 is 0 Å². The van der Waals surface area contributed by atoms with Crippen molar-refractivity contribution in [2.45, 2.75) is 26.4 Å². The van der Waals surface area contributed by atoms with Gasteiger partial charge in [-0.15, -0.1) is 0 Å². The standard InChI is InChI=1S/C20H19FN4O/c1-13-9-16(21)5-4-15(13)11-25-8-6-18-17(12-25)20(26)24-19(23-18)14-3-2-7-22-10-14/h2-5,7,9-10H,6,8,11-12H2,1H3,(H,23,24,26). The fourth-order valence-corrected chi connectivity index (χ4v) is 3.33. The van der Waals surface area contributed by atoms with Crippen molar-refractivity contribution in [2.75, 3.05) is 6.54 Å². The molecule has 0 fully saturated rings. The number of hydrogen-bond acceptors (Lipinski definition) is 4. The minimum Gasteiger partial charge on any atom is -0.306 e. The van der Waals surface area contributed by atoms with Crippen LogP contribution in [0.3, 0.4) is 0 Å². The molecule has 26 heavy (non-hydrogen) atoms. The molecule has 2 aromatic heterocycles. The second kappa shape index (κ2) is 6.80. The van der Waals surface area contributed by atoms with E-state index in [4.69, 9.17) is 0 Å². The first-order valence-corrected chi connectivity index (χ1v) is 8.60. The van der Waals surface area contributed by atoms with Gasteiger partial charge in [-0.2, -0.15) is 0 Å². The lowest BCUT2D eigenvalue weighted by Gasteiger charge is -2.28. The highest BCUT2D eigenvalue weighted by atomic mass is 19.1. The number of rotatable bonds is 3. The quantitative estimate of drug-likeness (QED) is 0.789. The Morgan fingerprint density at radius 2 is 2.19 bits per heavy atom. The fourth-order valence-electron chi connectivity index (χ4n) is 3.33. The number of nitrogens with zero attached hydrogens (tertiary/aromatic N) is 3. The van der Waals surface area contributed by atoms with Crippen molar-refractivity contribution in [3.05, 3.63) is 81.3 Å². The lowest BCUT2D eigenvalue weighted by Crippen LogP contribution is -2.35. The van der Waals surface area contributed by atoms with Crippen molar-refractivity contribution < 1.29 is 4.39 Å². The Balaban J connectivity index is 1.58. The van der Waals surface area contributed by atoms with Crippen LogP contribution >= 0.6 is 0 Å². The SMILES string of the molecule is Cc1cc(F)ccc1CN1CCc2nc(-c3cccnc3)[nH]c(=O)c2C1. The van der Waals surface area contributed by atoms with E-state index in [1.807, 2.05) is 25.1 Å². The number of fused-ring (bicyclic) bond motifs is 1. The van der Waals surface area contributed by atoms with Gasteiger partial charge in [-0.1, -0.05) is 6.07 Å². The monoisotopic (exact) mass is 350 g/mol. The molecule has 0 aliphatic carbocycles. The summed E-state index contributed by atoms with van der Waals surface area (Å²) in [6, 6.07) is 8.54. The van der Waals surface area contributed by atoms with Crippen molar-refractivity contribution in [1.82, 2.24) is 19.9 Å². The predicted molar refractivity (Wildman–Crippen MR) is 97.0 cm³/mol. The van der Waals surface area contributed by atoms with Gasteiger partial charge in [-0.3, -0.25) is 14.7 Å². The Morgan fingerprint density at radius 1 is 1.31 bits per heavy atom. The Labute approximate surface area is 150 Å². The fraction of sp³-hybridized carbons (Fsp3) is 0.250. The summed E-state index contributed by atoms with van der Waals surface area (Å²) in [6.07, 6.45) is 4.10. The molecule has 3 aromatic rings. The summed E-state index contributed by atoms with van der Waals surface area (Å²) in [7, 11) is 0. The number of pyridine rings is 1. The Kier molecular flexibility index (Phi) is 4.34. The van der Waals surface area contributed by atoms with Gasteiger partial charge < -0.3 is 4.98 Å². The third-order valence-electron chi connectivity index (χ3n) is 4.78. The van der Waals surface area contributed by atoms with Gasteiger partial charge in [-0.05, 0) is 42.3 Å². The van der Waals surface area contributed by atoms with E-state index in [0.29, 0.717) is 30.9 Å². The molecule has 0 radical (unpaired) electrons. The number of benzene rings is 1. The number of nitrogens with one attached hydrogen (secondary N) is 1. The molecule has 5 nitrogen and oxygen atoms in total. The Morgan fingerprint density at radius 3 is 2.96 bits per heavy atom. The van der Waals surface area contributed by atoms with E-state index in [1.54, 1.807) is 18.5 Å². The summed E-state index contributed by atoms with van der Waals surface area (Å²) in [5.41, 5.74) is 4.26. The van der Waals surface area contributed by atoms with E-state index < -0.39 is 0 Å². The van der Waals surface area contributed by atoms with Gasteiger partial charge in [0.2, 0.25) is 0 Å². The number of hydrogen-bond donors (Lipinski definition) is 1. The zero-order chi connectivity index (χ0) is 18.1. The molecular weight excluding hydrogens is 331 g/mol. The molecule has 1 aromatic carbocycles. The van der Waals surface area contributed by atoms with E-state index in [0.717, 1.165) is 28.9 Å². The first kappa shape index (κ1) is 16.6. The second-order valence-corrected chi connectivity index (χ2v) is 6.61. The lowest BCUT2D eigenvalue weighted by molar-refractivity contribution is 0.241. The van der Waals surface area contributed by atoms with E-state index in [-0.39, 0.29) is 11.4 Å². The van der Waals surface area contributed by atoms with Crippen molar-refractivity contribution in [3.8, 4) is 11.4 Å². The van der Waals surface area contributed by atoms with Crippen LogP contribution in [0.15, 0.2) is 47.5 Å². The zero-order valence-electron chi connectivity index (χ0n) is 14.5. The van der Waals surface area contributed by atoms with E-state index in [2.05, 4.69) is 19.9 Å². The van der Waals surface area contributed by atoms with Crippen LogP contribution in [-0.2, 0) is 19.5 Å². The van der Waals surface area contributed by atoms with E-state index in [9.17, 15) is 9.18 Å². The summed E-state index contributed by atoms with van der Waals surface area (Å²) in [4.78, 5) is 26.4. The highest BCUT2D eigenvalue weighted by molar-refractivity contribution is 5.53. The molecule has 0 atom stereocenters. The zero-order valence-corrected chi connectivity index (χ0v) is 14.5. The second-order valence-electron chi connectivity index (χ2n) is 6.61. The summed E-state index contributed by atoms with van der Waals surface area (Å²) >= 11 is 0. The van der Waals surface area contributed by atoms with Crippen LogP contribution in [0.25, 0.3) is 11.4 Å². The van der Waals surface area contributed by atoms with Crippen LogP contribution in [0.4, 0.5) is 4.39 Å². The Bertz CT molecular complexity index is 1000. The summed E-state index contributed by atoms with van der Waals surface area (Å²) in [6.45, 7) is 3.95. The number of aromatic amines is 1. The highest BCUT2D eigenvalue weighted by Gasteiger charge is 2.22. The molecule has 4 rings (SSSR count). The van der Waals surface area contributed by atoms with Gasteiger partial charge in [0, 0.05) is 44.0 Å². The molecule has 6 heteroatoms. The molecule has 1 aliphatic heterocycles. The molecular formula is C20H19FN4O. The minimum absolute atomic E-state index is 0.102. The summed E-state index contributed by atoms with van der Waals surface area (Å²) < 4.78 is 13.3. The summed E-state index contributed by atoms with van der Waals surface area (Å²) in [5, 5.41) is 0. The van der Waals surface area contributed by atoms with Crippen molar-refractivity contribution in [3.63, 3.8) is 0 Å². The first-order valence-electron chi connectivity index (χ1n) is 8.60. The molecule has 0 saturated heterocycles. The maximum Gasteiger partial charge on any atom is 0.255 e. The molecule has 3 heterocycles. The molecule has 1 N–H and O–H groups in total. The highest BCUT2D eigenvalue weighted by Crippen LogP contribution is 2.20. The normalized spacial score (nSPS) is 14.2. The van der Waals surface area contributed by atoms with Gasteiger partial charge in [0.1, 0.15) is 11.6 Å². The number of aryl methyl sites for hydroxylation is 1. The lowest BCUT2D eigenvalue weighted by atomic mass is 10.0. The van der Waals surface area contributed by atoms with Crippen LogP contribution in [0.5, 0.6) is 0 Å². The Hall–Kier alpha value is -2.86. The van der Waals surface area contributed by atoms with Crippen molar-refractivity contribution >= 4 is 0 Å². The van der Waals surface area contributed by atoms with Gasteiger partial charge in [0.05, 0.1) is 11.3 Å². The molecule has 0 unspecified atom stereocenters. The molecule has 0 spiro atoms. The third-order valence-corrected chi connectivity index (χ3v) is 4.78.